The summed E-state index contributed by atoms with van der Waals surface area (Å²) in [4.78, 5) is 14.3. The van der Waals surface area contributed by atoms with Crippen molar-refractivity contribution < 1.29 is 9.53 Å². The van der Waals surface area contributed by atoms with Crippen LogP contribution in [0.3, 0.4) is 0 Å². The number of benzene rings is 1. The van der Waals surface area contributed by atoms with Gasteiger partial charge in [-0.15, -0.1) is 0 Å². The Balaban J connectivity index is 2.30. The number of anilines is 1. The van der Waals surface area contributed by atoms with Gasteiger partial charge in [-0.05, 0) is 37.3 Å². The monoisotopic (exact) mass is 261 g/mol. The van der Waals surface area contributed by atoms with Gasteiger partial charge in [-0.1, -0.05) is 32.0 Å². The first-order chi connectivity index (χ1) is 9.17. The van der Waals surface area contributed by atoms with E-state index in [0.717, 1.165) is 19.4 Å². The Hall–Kier alpha value is -1.51. The highest BCUT2D eigenvalue weighted by molar-refractivity contribution is 5.81. The number of rotatable bonds is 4. The van der Waals surface area contributed by atoms with Gasteiger partial charge in [0.25, 0.3) is 0 Å². The normalized spacial score (nSPS) is 19.7. The molecule has 1 aliphatic rings. The summed E-state index contributed by atoms with van der Waals surface area (Å²) < 4.78 is 5.22. The SMILES string of the molecule is CCOC(=O)C(CC)N1CC(C)Cc2ccccc21. The molecule has 2 rings (SSSR count). The number of ether oxygens (including phenoxy) is 1. The fourth-order valence-corrected chi connectivity index (χ4v) is 2.89. The summed E-state index contributed by atoms with van der Waals surface area (Å²) in [5.41, 5.74) is 2.53. The third-order valence-corrected chi connectivity index (χ3v) is 3.70. The van der Waals surface area contributed by atoms with Crippen LogP contribution >= 0.6 is 0 Å². The third-order valence-electron chi connectivity index (χ3n) is 3.70. The number of esters is 1. The van der Waals surface area contributed by atoms with Crippen LogP contribution in [0.1, 0.15) is 32.8 Å². The molecule has 0 aromatic heterocycles. The van der Waals surface area contributed by atoms with Gasteiger partial charge in [-0.2, -0.15) is 0 Å². The van der Waals surface area contributed by atoms with Gasteiger partial charge in [0.2, 0.25) is 0 Å². The quantitative estimate of drug-likeness (QED) is 0.780. The zero-order valence-electron chi connectivity index (χ0n) is 12.1. The van der Waals surface area contributed by atoms with E-state index in [4.69, 9.17) is 4.74 Å². The second-order valence-corrected chi connectivity index (χ2v) is 5.27. The molecule has 19 heavy (non-hydrogen) atoms. The lowest BCUT2D eigenvalue weighted by Gasteiger charge is -2.38. The van der Waals surface area contributed by atoms with Gasteiger partial charge >= 0.3 is 5.97 Å². The molecule has 1 aromatic carbocycles. The highest BCUT2D eigenvalue weighted by atomic mass is 16.5. The first kappa shape index (κ1) is 13.9. The molecule has 0 fully saturated rings. The molecule has 3 nitrogen and oxygen atoms in total. The van der Waals surface area contributed by atoms with Crippen LogP contribution < -0.4 is 4.90 Å². The number of nitrogens with zero attached hydrogens (tertiary/aromatic N) is 1. The second-order valence-electron chi connectivity index (χ2n) is 5.27. The van der Waals surface area contributed by atoms with E-state index in [2.05, 4.69) is 30.0 Å². The lowest BCUT2D eigenvalue weighted by atomic mass is 9.92. The van der Waals surface area contributed by atoms with Gasteiger partial charge in [-0.25, -0.2) is 4.79 Å². The minimum Gasteiger partial charge on any atom is -0.464 e. The Kier molecular flexibility index (Phi) is 4.46. The Morgan fingerprint density at radius 2 is 2.16 bits per heavy atom. The van der Waals surface area contributed by atoms with Crippen molar-refractivity contribution in [2.45, 2.75) is 39.7 Å². The minimum absolute atomic E-state index is 0.103. The summed E-state index contributed by atoms with van der Waals surface area (Å²) >= 11 is 0. The van der Waals surface area contributed by atoms with Gasteiger partial charge in [-0.3, -0.25) is 0 Å². The highest BCUT2D eigenvalue weighted by Crippen LogP contribution is 2.31. The van der Waals surface area contributed by atoms with Gasteiger partial charge in [0.15, 0.2) is 0 Å². The van der Waals surface area contributed by atoms with E-state index in [1.165, 1.54) is 11.3 Å². The topological polar surface area (TPSA) is 29.5 Å². The van der Waals surface area contributed by atoms with Crippen molar-refractivity contribution in [2.24, 2.45) is 5.92 Å². The molecule has 1 aliphatic heterocycles. The molecule has 3 heteroatoms. The van der Waals surface area contributed by atoms with Crippen LogP contribution in [0.25, 0.3) is 0 Å². The molecule has 2 unspecified atom stereocenters. The molecule has 0 aliphatic carbocycles. The second kappa shape index (κ2) is 6.09. The molecular weight excluding hydrogens is 238 g/mol. The van der Waals surface area contributed by atoms with E-state index in [-0.39, 0.29) is 12.0 Å². The Morgan fingerprint density at radius 1 is 1.42 bits per heavy atom. The zero-order chi connectivity index (χ0) is 13.8. The molecule has 0 saturated heterocycles. The summed E-state index contributed by atoms with van der Waals surface area (Å²) in [6.07, 6.45) is 1.87. The van der Waals surface area contributed by atoms with E-state index < -0.39 is 0 Å². The number of hydrogen-bond donors (Lipinski definition) is 0. The van der Waals surface area contributed by atoms with Crippen LogP contribution in [0.5, 0.6) is 0 Å². The largest absolute Gasteiger partial charge is 0.464 e. The van der Waals surface area contributed by atoms with Gasteiger partial charge in [0.05, 0.1) is 6.61 Å². The van der Waals surface area contributed by atoms with Crippen molar-refractivity contribution in [1.29, 1.82) is 0 Å². The predicted molar refractivity (Wildman–Crippen MR) is 77.4 cm³/mol. The van der Waals surface area contributed by atoms with Gasteiger partial charge in [0.1, 0.15) is 6.04 Å². The molecule has 0 N–H and O–H groups in total. The van der Waals surface area contributed by atoms with Crippen LogP contribution in [-0.2, 0) is 16.0 Å². The fourth-order valence-electron chi connectivity index (χ4n) is 2.89. The number of carbonyl (C=O) groups is 1. The van der Waals surface area contributed by atoms with E-state index in [9.17, 15) is 4.79 Å². The molecule has 1 aromatic rings. The van der Waals surface area contributed by atoms with Crippen LogP contribution in [0.15, 0.2) is 24.3 Å². The van der Waals surface area contributed by atoms with Crippen LogP contribution in [0.4, 0.5) is 5.69 Å². The van der Waals surface area contributed by atoms with Crippen molar-refractivity contribution in [2.75, 3.05) is 18.1 Å². The molecule has 0 bridgehead atoms. The summed E-state index contributed by atoms with van der Waals surface area (Å²) in [6, 6.07) is 8.22. The van der Waals surface area contributed by atoms with Crippen molar-refractivity contribution >= 4 is 11.7 Å². The average Bonchev–Trinajstić information content (AvgIpc) is 2.39. The maximum Gasteiger partial charge on any atom is 0.328 e. The smallest absolute Gasteiger partial charge is 0.328 e. The third kappa shape index (κ3) is 2.91. The van der Waals surface area contributed by atoms with Crippen molar-refractivity contribution in [3.8, 4) is 0 Å². The maximum atomic E-state index is 12.1. The summed E-state index contributed by atoms with van der Waals surface area (Å²) in [7, 11) is 0. The highest BCUT2D eigenvalue weighted by Gasteiger charge is 2.31. The van der Waals surface area contributed by atoms with E-state index in [1.54, 1.807) is 0 Å². The molecule has 1 heterocycles. The molecular formula is C16H23NO2. The lowest BCUT2D eigenvalue weighted by Crippen LogP contribution is -2.46. The average molecular weight is 261 g/mol. The van der Waals surface area contributed by atoms with Crippen molar-refractivity contribution in [1.82, 2.24) is 0 Å². The summed E-state index contributed by atoms with van der Waals surface area (Å²) in [5, 5.41) is 0. The minimum atomic E-state index is -0.163. The first-order valence-electron chi connectivity index (χ1n) is 7.18. The van der Waals surface area contributed by atoms with Gasteiger partial charge < -0.3 is 9.64 Å². The Labute approximate surface area is 115 Å². The Bertz CT molecular complexity index is 444. The zero-order valence-corrected chi connectivity index (χ0v) is 12.1. The molecule has 0 radical (unpaired) electrons. The van der Waals surface area contributed by atoms with Crippen LogP contribution in [-0.4, -0.2) is 25.2 Å². The summed E-state index contributed by atoms with van der Waals surface area (Å²) in [6.45, 7) is 7.51. The maximum absolute atomic E-state index is 12.1. The molecule has 0 amide bonds. The molecule has 2 atom stereocenters. The lowest BCUT2D eigenvalue weighted by molar-refractivity contribution is -0.144. The van der Waals surface area contributed by atoms with Crippen molar-refractivity contribution in [3.63, 3.8) is 0 Å². The van der Waals surface area contributed by atoms with Crippen LogP contribution in [0, 0.1) is 5.92 Å². The summed E-state index contributed by atoms with van der Waals surface area (Å²) in [5.74, 6) is 0.465. The number of hydrogen-bond acceptors (Lipinski definition) is 3. The number of para-hydroxylation sites is 1. The first-order valence-corrected chi connectivity index (χ1v) is 7.18. The standard InChI is InChI=1S/C16H23NO2/c1-4-14(16(18)19-5-2)17-11-12(3)10-13-8-6-7-9-15(13)17/h6-9,12,14H,4-5,10-11H2,1-3H3. The van der Waals surface area contributed by atoms with Crippen LogP contribution in [0.2, 0.25) is 0 Å². The predicted octanol–water partition coefficient (Wildman–Crippen LogP) is 3.03. The van der Waals surface area contributed by atoms with Crippen molar-refractivity contribution in [3.05, 3.63) is 29.8 Å². The molecule has 104 valence electrons. The van der Waals surface area contributed by atoms with E-state index in [1.807, 2.05) is 19.9 Å². The fraction of sp³-hybridized carbons (Fsp3) is 0.562. The molecule has 0 saturated carbocycles. The van der Waals surface area contributed by atoms with E-state index >= 15 is 0 Å². The van der Waals surface area contributed by atoms with E-state index in [0.29, 0.717) is 12.5 Å². The Morgan fingerprint density at radius 3 is 2.84 bits per heavy atom. The molecule has 0 spiro atoms. The van der Waals surface area contributed by atoms with Gasteiger partial charge in [0, 0.05) is 12.2 Å². The number of carbonyl (C=O) groups excluding carboxylic acids is 1. The number of fused-ring (bicyclic) bond motifs is 1.